The van der Waals surface area contributed by atoms with Crippen molar-refractivity contribution < 1.29 is 14.3 Å². The van der Waals surface area contributed by atoms with Crippen LogP contribution >= 0.6 is 0 Å². The van der Waals surface area contributed by atoms with Gasteiger partial charge in [0.25, 0.3) is 0 Å². The summed E-state index contributed by atoms with van der Waals surface area (Å²) in [5.74, 6) is 1.23. The molecular formula is C11H16N2O3. The maximum atomic E-state index is 11.3. The molecule has 0 aromatic rings. The molecule has 1 saturated carbocycles. The number of carbonyl (C=O) groups is 1. The van der Waals surface area contributed by atoms with Gasteiger partial charge in [-0.1, -0.05) is 0 Å². The number of rotatable bonds is 4. The van der Waals surface area contributed by atoms with Gasteiger partial charge in [-0.05, 0) is 19.8 Å². The number of methoxy groups -OCH3 is 1. The van der Waals surface area contributed by atoms with Crippen LogP contribution in [-0.4, -0.2) is 31.6 Å². The number of aliphatic imine (C=N–C) groups is 1. The first-order valence-corrected chi connectivity index (χ1v) is 5.47. The zero-order valence-electron chi connectivity index (χ0n) is 9.53. The molecule has 1 heterocycles. The van der Waals surface area contributed by atoms with Crippen molar-refractivity contribution in [3.63, 3.8) is 0 Å². The summed E-state index contributed by atoms with van der Waals surface area (Å²) in [6.07, 6.45) is 4.51. The Bertz CT molecular complexity index is 347. The molecule has 2 rings (SSSR count). The number of carbonyl (C=O) groups excluding carboxylic acids is 1. The van der Waals surface area contributed by atoms with Gasteiger partial charge in [0.05, 0.1) is 19.8 Å². The third-order valence-corrected chi connectivity index (χ3v) is 2.76. The molecule has 5 nitrogen and oxygen atoms in total. The van der Waals surface area contributed by atoms with E-state index in [2.05, 4.69) is 10.3 Å². The predicted octanol–water partition coefficient (Wildman–Crippen LogP) is 0.818. The van der Waals surface area contributed by atoms with Gasteiger partial charge in [0, 0.05) is 5.92 Å². The van der Waals surface area contributed by atoms with E-state index in [9.17, 15) is 4.79 Å². The Morgan fingerprint density at radius 2 is 2.44 bits per heavy atom. The van der Waals surface area contributed by atoms with E-state index in [0.717, 1.165) is 19.1 Å². The summed E-state index contributed by atoms with van der Waals surface area (Å²) >= 11 is 0. The molecule has 0 spiro atoms. The summed E-state index contributed by atoms with van der Waals surface area (Å²) in [4.78, 5) is 15.6. The first-order valence-electron chi connectivity index (χ1n) is 5.47. The van der Waals surface area contributed by atoms with E-state index in [1.54, 1.807) is 13.2 Å². The Kier molecular flexibility index (Phi) is 2.85. The number of nitrogens with one attached hydrogen (secondary N) is 1. The first-order chi connectivity index (χ1) is 7.74. The molecule has 1 atom stereocenters. The Hall–Kier alpha value is -1.52. The lowest BCUT2D eigenvalue weighted by Gasteiger charge is -2.30. The van der Waals surface area contributed by atoms with Crippen LogP contribution in [0.5, 0.6) is 0 Å². The van der Waals surface area contributed by atoms with E-state index in [-0.39, 0.29) is 5.92 Å². The summed E-state index contributed by atoms with van der Waals surface area (Å²) in [7, 11) is 1.55. The third-order valence-electron chi connectivity index (χ3n) is 2.76. The van der Waals surface area contributed by atoms with Crippen LogP contribution in [0.25, 0.3) is 0 Å². The van der Waals surface area contributed by atoms with E-state index < -0.39 is 5.66 Å². The van der Waals surface area contributed by atoms with Crippen molar-refractivity contribution in [2.45, 2.75) is 25.4 Å². The molecule has 1 aliphatic heterocycles. The van der Waals surface area contributed by atoms with Crippen molar-refractivity contribution in [3.05, 3.63) is 12.0 Å². The van der Waals surface area contributed by atoms with E-state index in [0.29, 0.717) is 18.4 Å². The molecule has 0 amide bonds. The Balaban J connectivity index is 2.27. The minimum Gasteiger partial charge on any atom is -0.482 e. The number of aldehydes is 1. The quantitative estimate of drug-likeness (QED) is 0.718. The number of hydrogen-bond donors (Lipinski definition) is 1. The minimum atomic E-state index is -0.884. The zero-order chi connectivity index (χ0) is 11.6. The van der Waals surface area contributed by atoms with Crippen molar-refractivity contribution >= 4 is 12.2 Å². The van der Waals surface area contributed by atoms with E-state index in [1.165, 1.54) is 0 Å². The Morgan fingerprint density at radius 3 is 2.94 bits per heavy atom. The van der Waals surface area contributed by atoms with Crippen LogP contribution in [0, 0.1) is 5.92 Å². The third kappa shape index (κ3) is 1.89. The van der Waals surface area contributed by atoms with Crippen LogP contribution in [-0.2, 0) is 14.3 Å². The summed E-state index contributed by atoms with van der Waals surface area (Å²) < 4.78 is 10.5. The van der Waals surface area contributed by atoms with Gasteiger partial charge in [0.15, 0.2) is 17.8 Å². The minimum absolute atomic E-state index is 0.249. The molecule has 1 aliphatic carbocycles. The van der Waals surface area contributed by atoms with Gasteiger partial charge in [-0.3, -0.25) is 4.79 Å². The number of hydrogen-bond acceptors (Lipinski definition) is 5. The van der Waals surface area contributed by atoms with Crippen LogP contribution in [0.4, 0.5) is 0 Å². The molecule has 1 N–H and O–H groups in total. The molecule has 2 aliphatic rings. The highest BCUT2D eigenvalue weighted by Gasteiger charge is 2.48. The lowest BCUT2D eigenvalue weighted by molar-refractivity contribution is -0.114. The Morgan fingerprint density at radius 1 is 1.69 bits per heavy atom. The monoisotopic (exact) mass is 224 g/mol. The lowest BCUT2D eigenvalue weighted by Crippen LogP contribution is -2.50. The maximum Gasteiger partial charge on any atom is 0.216 e. The standard InChI is InChI=1S/C11H16N2O3/c1-3-16-10-6-9(15-2)12-11(7-14,13-10)8-4-5-8/h6-8,12H,3-5H2,1-2H3. The average Bonchev–Trinajstić information content (AvgIpc) is 3.13. The molecule has 88 valence electrons. The van der Waals surface area contributed by atoms with Crippen LogP contribution < -0.4 is 5.32 Å². The molecular weight excluding hydrogens is 208 g/mol. The highest BCUT2D eigenvalue weighted by Crippen LogP contribution is 2.41. The molecule has 1 fully saturated rings. The summed E-state index contributed by atoms with van der Waals surface area (Å²) in [5.41, 5.74) is -0.884. The molecule has 0 aromatic heterocycles. The van der Waals surface area contributed by atoms with Gasteiger partial charge in [0.1, 0.15) is 0 Å². The van der Waals surface area contributed by atoms with Gasteiger partial charge >= 0.3 is 0 Å². The summed E-state index contributed by atoms with van der Waals surface area (Å²) in [6.45, 7) is 2.40. The van der Waals surface area contributed by atoms with Crippen molar-refractivity contribution in [2.24, 2.45) is 10.9 Å². The second-order valence-electron chi connectivity index (χ2n) is 3.94. The zero-order valence-corrected chi connectivity index (χ0v) is 9.53. The van der Waals surface area contributed by atoms with Gasteiger partial charge in [-0.2, -0.15) is 0 Å². The topological polar surface area (TPSA) is 59.9 Å². The molecule has 0 bridgehead atoms. The molecule has 5 heteroatoms. The van der Waals surface area contributed by atoms with Gasteiger partial charge in [-0.15, -0.1) is 0 Å². The number of ether oxygens (including phenoxy) is 2. The van der Waals surface area contributed by atoms with Gasteiger partial charge in [0.2, 0.25) is 5.90 Å². The van der Waals surface area contributed by atoms with Crippen LogP contribution in [0.15, 0.2) is 17.0 Å². The predicted molar refractivity (Wildman–Crippen MR) is 58.8 cm³/mol. The van der Waals surface area contributed by atoms with Crippen LogP contribution in [0.3, 0.4) is 0 Å². The second-order valence-corrected chi connectivity index (χ2v) is 3.94. The number of nitrogens with zero attached hydrogens (tertiary/aromatic N) is 1. The maximum absolute atomic E-state index is 11.3. The fourth-order valence-electron chi connectivity index (χ4n) is 1.79. The summed E-state index contributed by atoms with van der Waals surface area (Å²) in [6, 6.07) is 0. The van der Waals surface area contributed by atoms with Crippen molar-refractivity contribution in [1.29, 1.82) is 0 Å². The molecule has 0 radical (unpaired) electrons. The fourth-order valence-corrected chi connectivity index (χ4v) is 1.79. The first kappa shape index (κ1) is 11.0. The molecule has 16 heavy (non-hydrogen) atoms. The SMILES string of the molecule is CCOC1=NC(C=O)(C2CC2)NC(OC)=C1. The van der Waals surface area contributed by atoms with E-state index >= 15 is 0 Å². The molecule has 0 aromatic carbocycles. The molecule has 1 unspecified atom stereocenters. The summed E-state index contributed by atoms with van der Waals surface area (Å²) in [5, 5.41) is 3.02. The van der Waals surface area contributed by atoms with Crippen LogP contribution in [0.1, 0.15) is 19.8 Å². The van der Waals surface area contributed by atoms with Crippen LogP contribution in [0.2, 0.25) is 0 Å². The Labute approximate surface area is 94.5 Å². The second kappa shape index (κ2) is 4.15. The van der Waals surface area contributed by atoms with Crippen molar-refractivity contribution in [2.75, 3.05) is 13.7 Å². The average molecular weight is 224 g/mol. The van der Waals surface area contributed by atoms with Crippen molar-refractivity contribution in [3.8, 4) is 0 Å². The highest BCUT2D eigenvalue weighted by atomic mass is 16.5. The molecule has 0 saturated heterocycles. The van der Waals surface area contributed by atoms with E-state index in [4.69, 9.17) is 9.47 Å². The lowest BCUT2D eigenvalue weighted by atomic mass is 10.1. The highest BCUT2D eigenvalue weighted by molar-refractivity contribution is 5.91. The normalized spacial score (nSPS) is 28.6. The largest absolute Gasteiger partial charge is 0.482 e. The van der Waals surface area contributed by atoms with Gasteiger partial charge < -0.3 is 14.8 Å². The van der Waals surface area contributed by atoms with Gasteiger partial charge in [-0.25, -0.2) is 4.99 Å². The smallest absolute Gasteiger partial charge is 0.216 e. The van der Waals surface area contributed by atoms with Crippen molar-refractivity contribution in [1.82, 2.24) is 5.32 Å². The fraction of sp³-hybridized carbons (Fsp3) is 0.636. The van der Waals surface area contributed by atoms with E-state index in [1.807, 2.05) is 6.92 Å².